The molecule has 2 atom stereocenters. The first-order chi connectivity index (χ1) is 9.47. The summed E-state index contributed by atoms with van der Waals surface area (Å²) < 4.78 is 0. The topological polar surface area (TPSA) is 53.6 Å². The van der Waals surface area contributed by atoms with Crippen LogP contribution in [0.1, 0.15) is 47.0 Å². The number of piperidine rings is 1. The number of unbranched alkanes of at least 4 members (excludes halogenated alkanes) is 1. The highest BCUT2D eigenvalue weighted by Gasteiger charge is 2.20. The standard InChI is InChI=1S/C16H34N4/c1-13(2)10-19-16(17)18-7-5-6-8-20-11-14(3)9-15(4)12-20/h13-15H,5-12H2,1-4H3,(H3,17,18,19). The number of nitrogens with one attached hydrogen (secondary N) is 1. The van der Waals surface area contributed by atoms with Gasteiger partial charge in [0.25, 0.3) is 0 Å². The number of likely N-dealkylation sites (tertiary alicyclic amines) is 1. The van der Waals surface area contributed by atoms with Gasteiger partial charge in [-0.1, -0.05) is 27.7 Å². The summed E-state index contributed by atoms with van der Waals surface area (Å²) in [5.74, 6) is 2.88. The van der Waals surface area contributed by atoms with Crippen molar-refractivity contribution in [1.82, 2.24) is 10.2 Å². The molecule has 0 bridgehead atoms. The first kappa shape index (κ1) is 17.3. The summed E-state index contributed by atoms with van der Waals surface area (Å²) in [5.41, 5.74) is 5.81. The van der Waals surface area contributed by atoms with Gasteiger partial charge in [0.05, 0.1) is 0 Å². The van der Waals surface area contributed by atoms with Gasteiger partial charge >= 0.3 is 0 Å². The molecule has 0 saturated carbocycles. The lowest BCUT2D eigenvalue weighted by Crippen LogP contribution is -2.39. The lowest BCUT2D eigenvalue weighted by atomic mass is 9.92. The van der Waals surface area contributed by atoms with E-state index in [1.165, 1.54) is 32.5 Å². The number of nitrogens with zero attached hydrogens (tertiary/aromatic N) is 2. The molecule has 0 radical (unpaired) electrons. The second-order valence-electron chi connectivity index (χ2n) is 6.96. The minimum atomic E-state index is 0.568. The fraction of sp³-hybridized carbons (Fsp3) is 0.938. The summed E-state index contributed by atoms with van der Waals surface area (Å²) in [6.45, 7) is 14.6. The average molecular weight is 282 g/mol. The number of rotatable bonds is 7. The lowest BCUT2D eigenvalue weighted by molar-refractivity contribution is 0.139. The van der Waals surface area contributed by atoms with Crippen LogP contribution in [0.5, 0.6) is 0 Å². The first-order valence-electron chi connectivity index (χ1n) is 8.23. The molecule has 118 valence electrons. The maximum atomic E-state index is 5.81. The van der Waals surface area contributed by atoms with Crippen LogP contribution in [0.2, 0.25) is 0 Å². The Hall–Kier alpha value is -0.770. The summed E-state index contributed by atoms with van der Waals surface area (Å²) >= 11 is 0. The second kappa shape index (κ2) is 9.22. The fourth-order valence-corrected chi connectivity index (χ4v) is 2.99. The van der Waals surface area contributed by atoms with Crippen molar-refractivity contribution in [3.63, 3.8) is 0 Å². The van der Waals surface area contributed by atoms with Crippen LogP contribution < -0.4 is 11.1 Å². The Kier molecular flexibility index (Phi) is 7.97. The van der Waals surface area contributed by atoms with Crippen LogP contribution in [0.15, 0.2) is 4.99 Å². The molecule has 4 nitrogen and oxygen atoms in total. The van der Waals surface area contributed by atoms with Gasteiger partial charge in [-0.3, -0.25) is 4.99 Å². The average Bonchev–Trinajstić information content (AvgIpc) is 2.34. The van der Waals surface area contributed by atoms with Gasteiger partial charge in [-0.2, -0.15) is 0 Å². The second-order valence-corrected chi connectivity index (χ2v) is 6.96. The molecule has 0 aromatic rings. The Labute approximate surface area is 125 Å². The largest absolute Gasteiger partial charge is 0.370 e. The predicted molar refractivity (Wildman–Crippen MR) is 87.9 cm³/mol. The summed E-state index contributed by atoms with van der Waals surface area (Å²) in [4.78, 5) is 6.92. The zero-order valence-electron chi connectivity index (χ0n) is 13.9. The van der Waals surface area contributed by atoms with E-state index in [-0.39, 0.29) is 0 Å². The molecule has 0 amide bonds. The monoisotopic (exact) mass is 282 g/mol. The Morgan fingerprint density at radius 1 is 1.25 bits per heavy atom. The van der Waals surface area contributed by atoms with Gasteiger partial charge in [0.2, 0.25) is 0 Å². The molecule has 20 heavy (non-hydrogen) atoms. The summed E-state index contributed by atoms with van der Waals surface area (Å²) in [6, 6.07) is 0. The highest BCUT2D eigenvalue weighted by molar-refractivity contribution is 5.77. The van der Waals surface area contributed by atoms with Gasteiger partial charge in [-0.25, -0.2) is 0 Å². The third-order valence-corrected chi connectivity index (χ3v) is 3.78. The van der Waals surface area contributed by atoms with Crippen molar-refractivity contribution in [3.05, 3.63) is 0 Å². The first-order valence-corrected chi connectivity index (χ1v) is 8.23. The summed E-state index contributed by atoms with van der Waals surface area (Å²) in [5, 5.41) is 3.20. The van der Waals surface area contributed by atoms with E-state index in [1.54, 1.807) is 0 Å². The van der Waals surface area contributed by atoms with Gasteiger partial charge in [-0.05, 0) is 43.6 Å². The van der Waals surface area contributed by atoms with Crippen molar-refractivity contribution in [1.29, 1.82) is 0 Å². The Bertz CT molecular complexity index is 278. The molecule has 3 N–H and O–H groups in total. The zero-order valence-corrected chi connectivity index (χ0v) is 13.9. The molecular weight excluding hydrogens is 248 g/mol. The van der Waals surface area contributed by atoms with Gasteiger partial charge in [-0.15, -0.1) is 0 Å². The number of guanidine groups is 1. The maximum Gasteiger partial charge on any atom is 0.188 e. The quantitative estimate of drug-likeness (QED) is 0.428. The zero-order chi connectivity index (χ0) is 15.0. The minimum Gasteiger partial charge on any atom is -0.370 e. The van der Waals surface area contributed by atoms with E-state index < -0.39 is 0 Å². The normalized spacial score (nSPS) is 25.1. The Balaban J connectivity index is 2.05. The van der Waals surface area contributed by atoms with E-state index in [1.807, 2.05) is 0 Å². The Morgan fingerprint density at radius 2 is 1.90 bits per heavy atom. The molecule has 1 fully saturated rings. The highest BCUT2D eigenvalue weighted by Crippen LogP contribution is 2.20. The summed E-state index contributed by atoms with van der Waals surface area (Å²) in [7, 11) is 0. The van der Waals surface area contributed by atoms with Gasteiger partial charge in [0.1, 0.15) is 0 Å². The smallest absolute Gasteiger partial charge is 0.188 e. The van der Waals surface area contributed by atoms with E-state index in [4.69, 9.17) is 5.73 Å². The SMILES string of the molecule is CC(C)CN=C(N)NCCCCN1CC(C)CC(C)C1. The number of nitrogens with two attached hydrogens (primary N) is 1. The molecule has 1 saturated heterocycles. The molecule has 1 heterocycles. The van der Waals surface area contributed by atoms with E-state index >= 15 is 0 Å². The Morgan fingerprint density at radius 3 is 2.50 bits per heavy atom. The van der Waals surface area contributed by atoms with E-state index in [0.29, 0.717) is 11.9 Å². The number of aliphatic imine (C=N–C) groups is 1. The summed E-state index contributed by atoms with van der Waals surface area (Å²) in [6.07, 6.45) is 3.79. The molecule has 4 heteroatoms. The third kappa shape index (κ3) is 7.73. The molecule has 0 aliphatic carbocycles. The van der Waals surface area contributed by atoms with Crippen molar-refractivity contribution in [2.24, 2.45) is 28.5 Å². The highest BCUT2D eigenvalue weighted by atomic mass is 15.1. The van der Waals surface area contributed by atoms with Crippen LogP contribution in [-0.2, 0) is 0 Å². The third-order valence-electron chi connectivity index (χ3n) is 3.78. The van der Waals surface area contributed by atoms with Crippen LogP contribution >= 0.6 is 0 Å². The molecular formula is C16H34N4. The van der Waals surface area contributed by atoms with Crippen LogP contribution in [0, 0.1) is 17.8 Å². The number of hydrogen-bond donors (Lipinski definition) is 2. The molecule has 1 aliphatic heterocycles. The fourth-order valence-electron chi connectivity index (χ4n) is 2.99. The molecule has 1 rings (SSSR count). The van der Waals surface area contributed by atoms with Gasteiger partial charge in [0, 0.05) is 26.2 Å². The van der Waals surface area contributed by atoms with Crippen LogP contribution in [0.25, 0.3) is 0 Å². The number of hydrogen-bond acceptors (Lipinski definition) is 2. The molecule has 1 aliphatic rings. The van der Waals surface area contributed by atoms with E-state index in [2.05, 4.69) is 42.9 Å². The van der Waals surface area contributed by atoms with Crippen molar-refractivity contribution in [2.45, 2.75) is 47.0 Å². The molecule has 0 aromatic heterocycles. The molecule has 0 spiro atoms. The van der Waals surface area contributed by atoms with Crippen LogP contribution in [0.3, 0.4) is 0 Å². The lowest BCUT2D eigenvalue weighted by Gasteiger charge is -2.34. The van der Waals surface area contributed by atoms with Crippen molar-refractivity contribution in [3.8, 4) is 0 Å². The van der Waals surface area contributed by atoms with E-state index in [0.717, 1.165) is 31.3 Å². The van der Waals surface area contributed by atoms with Crippen molar-refractivity contribution in [2.75, 3.05) is 32.7 Å². The minimum absolute atomic E-state index is 0.568. The van der Waals surface area contributed by atoms with Crippen molar-refractivity contribution < 1.29 is 0 Å². The van der Waals surface area contributed by atoms with Gasteiger partial charge in [0.15, 0.2) is 5.96 Å². The predicted octanol–water partition coefficient (Wildman–Crippen LogP) is 2.30. The van der Waals surface area contributed by atoms with Gasteiger partial charge < -0.3 is 16.0 Å². The maximum absolute atomic E-state index is 5.81. The molecule has 2 unspecified atom stereocenters. The molecule has 0 aromatic carbocycles. The van der Waals surface area contributed by atoms with E-state index in [9.17, 15) is 0 Å². The van der Waals surface area contributed by atoms with Crippen LogP contribution in [0.4, 0.5) is 0 Å². The van der Waals surface area contributed by atoms with Crippen LogP contribution in [-0.4, -0.2) is 43.6 Å². The van der Waals surface area contributed by atoms with Crippen molar-refractivity contribution >= 4 is 5.96 Å².